The number of nitrogens with zero attached hydrogens (tertiary/aromatic N) is 3. The lowest BCUT2D eigenvalue weighted by Gasteiger charge is -2.16. The molecule has 2 aromatic carbocycles. The van der Waals surface area contributed by atoms with Crippen LogP contribution in [0.15, 0.2) is 57.9 Å². The smallest absolute Gasteiger partial charge is 0.471 e. The summed E-state index contributed by atoms with van der Waals surface area (Å²) in [5.41, 5.74) is 1.06. The highest BCUT2D eigenvalue weighted by molar-refractivity contribution is 8.00. The van der Waals surface area contributed by atoms with E-state index in [-0.39, 0.29) is 17.0 Å². The Morgan fingerprint density at radius 2 is 1.87 bits per heavy atom. The van der Waals surface area contributed by atoms with Gasteiger partial charge in [0.25, 0.3) is 5.91 Å². The molecule has 1 aromatic heterocycles. The molecule has 0 aliphatic carbocycles. The van der Waals surface area contributed by atoms with Gasteiger partial charge in [-0.1, -0.05) is 5.16 Å². The van der Waals surface area contributed by atoms with Gasteiger partial charge in [-0.25, -0.2) is 0 Å². The maximum atomic E-state index is 12.7. The maximum absolute atomic E-state index is 12.7. The van der Waals surface area contributed by atoms with Crippen molar-refractivity contribution in [3.05, 3.63) is 60.0 Å². The first-order valence-corrected chi connectivity index (χ1v) is 10.3. The second-order valence-electron chi connectivity index (χ2n) is 6.95. The molecule has 10 heteroatoms. The van der Waals surface area contributed by atoms with Gasteiger partial charge >= 0.3 is 12.1 Å². The van der Waals surface area contributed by atoms with Crippen molar-refractivity contribution >= 4 is 17.7 Å². The van der Waals surface area contributed by atoms with Gasteiger partial charge in [0.2, 0.25) is 5.82 Å². The van der Waals surface area contributed by atoms with Crippen molar-refractivity contribution in [2.45, 2.75) is 22.7 Å². The number of methoxy groups -OCH3 is 1. The van der Waals surface area contributed by atoms with Gasteiger partial charge < -0.3 is 14.2 Å². The summed E-state index contributed by atoms with van der Waals surface area (Å²) < 4.78 is 47.2. The molecule has 0 saturated carbocycles. The number of ether oxygens (including phenoxy) is 1. The fourth-order valence-corrected chi connectivity index (χ4v) is 4.41. The molecule has 1 saturated heterocycles. The Hall–Kier alpha value is -3.01. The van der Waals surface area contributed by atoms with Crippen LogP contribution in [0.25, 0.3) is 11.4 Å². The highest BCUT2D eigenvalue weighted by atomic mass is 32.2. The Balaban J connectivity index is 1.35. The fraction of sp³-hybridized carbons (Fsp3) is 0.286. The number of benzene rings is 2. The Morgan fingerprint density at radius 3 is 2.48 bits per heavy atom. The molecule has 1 unspecified atom stereocenters. The molecule has 0 spiro atoms. The quantitative estimate of drug-likeness (QED) is 0.559. The van der Waals surface area contributed by atoms with Crippen molar-refractivity contribution in [3.8, 4) is 17.1 Å². The summed E-state index contributed by atoms with van der Waals surface area (Å²) in [7, 11) is 1.58. The number of likely N-dealkylation sites (tertiary alicyclic amines) is 1. The first-order chi connectivity index (χ1) is 14.8. The highest BCUT2D eigenvalue weighted by Crippen LogP contribution is 2.33. The number of hydrogen-bond donors (Lipinski definition) is 0. The van der Waals surface area contributed by atoms with Gasteiger partial charge in [0.1, 0.15) is 5.75 Å². The largest absolute Gasteiger partial charge is 0.497 e. The number of rotatable bonds is 5. The van der Waals surface area contributed by atoms with E-state index < -0.39 is 12.1 Å². The Morgan fingerprint density at radius 1 is 1.16 bits per heavy atom. The van der Waals surface area contributed by atoms with E-state index in [1.165, 1.54) is 0 Å². The van der Waals surface area contributed by atoms with E-state index in [9.17, 15) is 18.0 Å². The van der Waals surface area contributed by atoms with E-state index in [4.69, 9.17) is 4.74 Å². The third kappa shape index (κ3) is 4.84. The predicted molar refractivity (Wildman–Crippen MR) is 108 cm³/mol. The molecule has 0 N–H and O–H groups in total. The van der Waals surface area contributed by atoms with Crippen molar-refractivity contribution in [1.29, 1.82) is 0 Å². The molecule has 0 bridgehead atoms. The molecule has 2 heterocycles. The summed E-state index contributed by atoms with van der Waals surface area (Å²) in [5.74, 6) is -0.793. The zero-order valence-corrected chi connectivity index (χ0v) is 17.2. The zero-order chi connectivity index (χ0) is 22.0. The van der Waals surface area contributed by atoms with E-state index in [0.29, 0.717) is 30.0 Å². The number of hydrogen-bond acceptors (Lipinski definition) is 6. The lowest BCUT2D eigenvalue weighted by atomic mass is 10.2. The molecule has 0 radical (unpaired) electrons. The molecule has 1 aliphatic rings. The van der Waals surface area contributed by atoms with E-state index in [0.717, 1.165) is 11.3 Å². The van der Waals surface area contributed by atoms with Crippen LogP contribution in [-0.2, 0) is 6.18 Å². The van der Waals surface area contributed by atoms with Crippen molar-refractivity contribution in [3.63, 3.8) is 0 Å². The topological polar surface area (TPSA) is 68.5 Å². The average molecular weight is 449 g/mol. The number of carbonyl (C=O) groups is 1. The standard InChI is InChI=1S/C21H18F3N3O3S/c1-29-15-6-2-14(3-7-15)19(28)27-11-10-17(12-27)31-16-8-4-13(5-9-16)18-25-20(30-26-18)21(22,23)24/h2-9,17H,10-12H2,1H3. The van der Waals surface area contributed by atoms with Crippen molar-refractivity contribution in [2.75, 3.05) is 20.2 Å². The minimum Gasteiger partial charge on any atom is -0.497 e. The molecule has 162 valence electrons. The first-order valence-electron chi connectivity index (χ1n) is 9.45. The van der Waals surface area contributed by atoms with Gasteiger partial charge in [0.15, 0.2) is 0 Å². The van der Waals surface area contributed by atoms with E-state index >= 15 is 0 Å². The molecular weight excluding hydrogens is 431 g/mol. The second-order valence-corrected chi connectivity index (χ2v) is 8.33. The molecule has 3 aromatic rings. The third-order valence-corrected chi connectivity index (χ3v) is 6.12. The monoisotopic (exact) mass is 449 g/mol. The first kappa shape index (κ1) is 21.2. The predicted octanol–water partition coefficient (Wildman–Crippen LogP) is 4.77. The summed E-state index contributed by atoms with van der Waals surface area (Å²) in [6.45, 7) is 1.29. The van der Waals surface area contributed by atoms with E-state index in [2.05, 4.69) is 14.7 Å². The summed E-state index contributed by atoms with van der Waals surface area (Å²) in [4.78, 5) is 18.9. The molecule has 31 heavy (non-hydrogen) atoms. The lowest BCUT2D eigenvalue weighted by Crippen LogP contribution is -2.29. The van der Waals surface area contributed by atoms with Crippen LogP contribution in [0.5, 0.6) is 5.75 Å². The van der Waals surface area contributed by atoms with Crippen LogP contribution >= 0.6 is 11.8 Å². The molecule has 1 fully saturated rings. The van der Waals surface area contributed by atoms with Gasteiger partial charge in [-0.05, 0) is 55.0 Å². The SMILES string of the molecule is COc1ccc(C(=O)N2CCC(Sc3ccc(-c4noc(C(F)(F)F)n4)cc3)C2)cc1. The van der Waals surface area contributed by atoms with E-state index in [1.807, 2.05) is 4.90 Å². The number of halogens is 3. The molecular formula is C21H18F3N3O3S. The number of amides is 1. The highest BCUT2D eigenvalue weighted by Gasteiger charge is 2.38. The van der Waals surface area contributed by atoms with Crippen LogP contribution in [0.3, 0.4) is 0 Å². The van der Waals surface area contributed by atoms with Crippen LogP contribution in [0.2, 0.25) is 0 Å². The molecule has 1 amide bonds. The molecule has 4 rings (SSSR count). The van der Waals surface area contributed by atoms with Crippen molar-refractivity contribution in [2.24, 2.45) is 0 Å². The zero-order valence-electron chi connectivity index (χ0n) is 16.4. The third-order valence-electron chi connectivity index (χ3n) is 4.85. The van der Waals surface area contributed by atoms with Gasteiger partial charge in [0.05, 0.1) is 7.11 Å². The fourth-order valence-electron chi connectivity index (χ4n) is 3.26. The van der Waals surface area contributed by atoms with Crippen LogP contribution in [0.1, 0.15) is 22.7 Å². The van der Waals surface area contributed by atoms with Crippen LogP contribution < -0.4 is 4.74 Å². The van der Waals surface area contributed by atoms with Crippen LogP contribution in [0, 0.1) is 0 Å². The van der Waals surface area contributed by atoms with Crippen molar-refractivity contribution < 1.29 is 27.2 Å². The second kappa shape index (κ2) is 8.62. The number of carbonyl (C=O) groups excluding carboxylic acids is 1. The Bertz CT molecular complexity index is 1050. The Labute approximate surface area is 180 Å². The summed E-state index contributed by atoms with van der Waals surface area (Å²) in [6, 6.07) is 13.9. The van der Waals surface area contributed by atoms with Gasteiger partial charge in [-0.3, -0.25) is 4.79 Å². The summed E-state index contributed by atoms with van der Waals surface area (Å²) >= 11 is 1.63. The number of alkyl halides is 3. The summed E-state index contributed by atoms with van der Waals surface area (Å²) in [6.07, 6.45) is -3.81. The van der Waals surface area contributed by atoms with Gasteiger partial charge in [0, 0.05) is 34.4 Å². The molecule has 1 aliphatic heterocycles. The normalized spacial score (nSPS) is 16.5. The van der Waals surface area contributed by atoms with E-state index in [1.54, 1.807) is 67.4 Å². The van der Waals surface area contributed by atoms with Gasteiger partial charge in [-0.2, -0.15) is 18.2 Å². The Kier molecular flexibility index (Phi) is 5.90. The molecule has 1 atom stereocenters. The van der Waals surface area contributed by atoms with Crippen molar-refractivity contribution in [1.82, 2.24) is 15.0 Å². The van der Waals surface area contributed by atoms with Crippen LogP contribution in [0.4, 0.5) is 13.2 Å². The molecule has 6 nitrogen and oxygen atoms in total. The number of thioether (sulfide) groups is 1. The average Bonchev–Trinajstić information content (AvgIpc) is 3.44. The summed E-state index contributed by atoms with van der Waals surface area (Å²) in [5, 5.41) is 3.62. The number of aromatic nitrogens is 2. The maximum Gasteiger partial charge on any atom is 0.471 e. The van der Waals surface area contributed by atoms with Crippen LogP contribution in [-0.4, -0.2) is 46.4 Å². The van der Waals surface area contributed by atoms with Gasteiger partial charge in [-0.15, -0.1) is 11.8 Å². The lowest BCUT2D eigenvalue weighted by molar-refractivity contribution is -0.159. The minimum atomic E-state index is -4.67. The minimum absolute atomic E-state index is 0.0151.